The number of aromatic nitrogens is 1. The number of nitro benzene ring substituents is 1. The summed E-state index contributed by atoms with van der Waals surface area (Å²) in [5.41, 5.74) is 6.09. The Morgan fingerprint density at radius 3 is 2.52 bits per heavy atom. The van der Waals surface area contributed by atoms with E-state index in [4.69, 9.17) is 28.9 Å². The van der Waals surface area contributed by atoms with Crippen molar-refractivity contribution in [1.29, 1.82) is 0 Å². The van der Waals surface area contributed by atoms with Crippen LogP contribution in [0.4, 0.5) is 5.69 Å². The number of halogens is 2. The van der Waals surface area contributed by atoms with E-state index >= 15 is 0 Å². The Morgan fingerprint density at radius 2 is 1.88 bits per heavy atom. The van der Waals surface area contributed by atoms with Gasteiger partial charge in [0.15, 0.2) is 0 Å². The number of hydrogen-bond donors (Lipinski definition) is 1. The van der Waals surface area contributed by atoms with E-state index in [0.29, 0.717) is 21.5 Å². The average Bonchev–Trinajstić information content (AvgIpc) is 2.95. The second-order valence-corrected chi connectivity index (χ2v) is 7.79. The van der Waals surface area contributed by atoms with Crippen molar-refractivity contribution < 1.29 is 13.3 Å². The molecule has 7 nitrogen and oxygen atoms in total. The predicted molar refractivity (Wildman–Crippen MR) is 95.5 cm³/mol. The molecular formula is C15H11Cl2N3O4S. The molecule has 0 spiro atoms. The van der Waals surface area contributed by atoms with Gasteiger partial charge in [-0.2, -0.15) is 0 Å². The zero-order valence-corrected chi connectivity index (χ0v) is 14.8. The third kappa shape index (κ3) is 2.87. The summed E-state index contributed by atoms with van der Waals surface area (Å²) in [5, 5.41) is 11.8. The van der Waals surface area contributed by atoms with Crippen LogP contribution in [0.1, 0.15) is 5.56 Å². The summed E-state index contributed by atoms with van der Waals surface area (Å²) < 4.78 is 27.0. The Kier molecular flexibility index (Phi) is 4.46. The molecule has 0 unspecified atom stereocenters. The molecule has 0 amide bonds. The van der Waals surface area contributed by atoms with Gasteiger partial charge in [0.25, 0.3) is 15.7 Å². The highest BCUT2D eigenvalue weighted by Crippen LogP contribution is 2.33. The molecule has 1 aromatic heterocycles. The zero-order chi connectivity index (χ0) is 18.4. The van der Waals surface area contributed by atoms with E-state index in [2.05, 4.69) is 0 Å². The molecule has 0 bridgehead atoms. The minimum atomic E-state index is -4.10. The molecule has 2 aromatic carbocycles. The van der Waals surface area contributed by atoms with Crippen molar-refractivity contribution in [3.8, 4) is 0 Å². The molecule has 3 aromatic rings. The molecule has 0 atom stereocenters. The maximum Gasteiger partial charge on any atom is 0.289 e. The highest BCUT2D eigenvalue weighted by molar-refractivity contribution is 7.90. The lowest BCUT2D eigenvalue weighted by Crippen LogP contribution is -2.12. The van der Waals surface area contributed by atoms with Gasteiger partial charge in [-0.25, -0.2) is 12.4 Å². The zero-order valence-electron chi connectivity index (χ0n) is 12.5. The first-order chi connectivity index (χ1) is 11.8. The van der Waals surface area contributed by atoms with E-state index < -0.39 is 20.6 Å². The van der Waals surface area contributed by atoms with Crippen LogP contribution in [-0.2, 0) is 16.6 Å². The van der Waals surface area contributed by atoms with Gasteiger partial charge in [0.1, 0.15) is 5.02 Å². The molecule has 3 rings (SSSR count). The van der Waals surface area contributed by atoms with Crippen LogP contribution in [0.2, 0.25) is 10.0 Å². The molecule has 130 valence electrons. The van der Waals surface area contributed by atoms with Crippen LogP contribution in [0, 0.1) is 10.1 Å². The predicted octanol–water partition coefficient (Wildman–Crippen LogP) is 3.55. The van der Waals surface area contributed by atoms with E-state index in [-0.39, 0.29) is 16.5 Å². The van der Waals surface area contributed by atoms with E-state index in [0.717, 1.165) is 10.0 Å². The molecular weight excluding hydrogens is 389 g/mol. The van der Waals surface area contributed by atoms with Crippen LogP contribution < -0.4 is 5.73 Å². The van der Waals surface area contributed by atoms with Gasteiger partial charge in [-0.3, -0.25) is 10.1 Å². The number of nitrogens with zero attached hydrogens (tertiary/aromatic N) is 2. The third-order valence-electron chi connectivity index (χ3n) is 3.71. The maximum atomic E-state index is 13.0. The van der Waals surface area contributed by atoms with Gasteiger partial charge in [0.2, 0.25) is 0 Å². The van der Waals surface area contributed by atoms with Crippen molar-refractivity contribution in [2.75, 3.05) is 0 Å². The molecule has 1 heterocycles. The van der Waals surface area contributed by atoms with E-state index in [1.807, 2.05) is 0 Å². The smallest absolute Gasteiger partial charge is 0.289 e. The molecule has 0 saturated heterocycles. The first-order valence-electron chi connectivity index (χ1n) is 6.95. The lowest BCUT2D eigenvalue weighted by atomic mass is 10.2. The molecule has 0 radical (unpaired) electrons. The third-order valence-corrected chi connectivity index (χ3v) is 6.02. The summed E-state index contributed by atoms with van der Waals surface area (Å²) >= 11 is 11.9. The van der Waals surface area contributed by atoms with Crippen LogP contribution in [-0.4, -0.2) is 17.3 Å². The van der Waals surface area contributed by atoms with E-state index in [9.17, 15) is 18.5 Å². The van der Waals surface area contributed by atoms with Crippen LogP contribution in [0.3, 0.4) is 0 Å². The summed E-state index contributed by atoms with van der Waals surface area (Å²) in [4.78, 5) is 10.0. The van der Waals surface area contributed by atoms with Gasteiger partial charge >= 0.3 is 0 Å². The Balaban J connectivity index is 2.29. The average molecular weight is 400 g/mol. The van der Waals surface area contributed by atoms with Crippen LogP contribution in [0.25, 0.3) is 10.9 Å². The van der Waals surface area contributed by atoms with Gasteiger partial charge in [-0.05, 0) is 29.8 Å². The van der Waals surface area contributed by atoms with Crippen LogP contribution >= 0.6 is 23.2 Å². The van der Waals surface area contributed by atoms with Crippen molar-refractivity contribution in [2.24, 2.45) is 5.73 Å². The first-order valence-corrected chi connectivity index (χ1v) is 9.15. The molecule has 0 aliphatic carbocycles. The Bertz CT molecular complexity index is 1110. The lowest BCUT2D eigenvalue weighted by molar-refractivity contribution is -0.384. The van der Waals surface area contributed by atoms with Crippen molar-refractivity contribution >= 4 is 49.8 Å². The molecule has 0 saturated carbocycles. The SMILES string of the molecule is NCc1cn(S(=O)(=O)c2ccc(Cl)c([N+](=O)[O-])c2)c2cccc(Cl)c12. The number of hydrogen-bond acceptors (Lipinski definition) is 5. The Morgan fingerprint density at radius 1 is 1.16 bits per heavy atom. The summed E-state index contributed by atoms with van der Waals surface area (Å²) in [5.74, 6) is 0. The summed E-state index contributed by atoms with van der Waals surface area (Å²) in [6.07, 6.45) is 1.37. The Labute approximate surface area is 152 Å². The number of nitro groups is 1. The minimum Gasteiger partial charge on any atom is -0.326 e. The maximum absolute atomic E-state index is 13.0. The normalized spacial score (nSPS) is 11.8. The topological polar surface area (TPSA) is 108 Å². The highest BCUT2D eigenvalue weighted by atomic mass is 35.5. The monoisotopic (exact) mass is 399 g/mol. The lowest BCUT2D eigenvalue weighted by Gasteiger charge is -2.08. The summed E-state index contributed by atoms with van der Waals surface area (Å²) in [6, 6.07) is 8.14. The van der Waals surface area contributed by atoms with Gasteiger partial charge in [-0.1, -0.05) is 29.3 Å². The van der Waals surface area contributed by atoms with Crippen LogP contribution in [0.15, 0.2) is 47.5 Å². The second kappa shape index (κ2) is 6.30. The standard InChI is InChI=1S/C15H11Cl2N3O4S/c16-11-5-4-10(6-14(11)20(21)22)25(23,24)19-8-9(7-18)15-12(17)2-1-3-13(15)19/h1-6,8H,7,18H2. The quantitative estimate of drug-likeness (QED) is 0.532. The van der Waals surface area contributed by atoms with E-state index in [1.165, 1.54) is 18.3 Å². The Hall–Kier alpha value is -2.13. The molecule has 0 aliphatic heterocycles. The molecule has 10 heteroatoms. The fraction of sp³-hybridized carbons (Fsp3) is 0.0667. The highest BCUT2D eigenvalue weighted by Gasteiger charge is 2.25. The van der Waals surface area contributed by atoms with Crippen molar-refractivity contribution in [1.82, 2.24) is 3.97 Å². The molecule has 25 heavy (non-hydrogen) atoms. The largest absolute Gasteiger partial charge is 0.326 e. The molecule has 0 aliphatic rings. The summed E-state index contributed by atoms with van der Waals surface area (Å²) in [6.45, 7) is 0.0868. The minimum absolute atomic E-state index is 0.0868. The number of nitrogens with two attached hydrogens (primary N) is 1. The van der Waals surface area contributed by atoms with Crippen molar-refractivity contribution in [2.45, 2.75) is 11.4 Å². The fourth-order valence-electron chi connectivity index (χ4n) is 2.55. The fourth-order valence-corrected chi connectivity index (χ4v) is 4.43. The number of benzene rings is 2. The van der Waals surface area contributed by atoms with Gasteiger partial charge in [-0.15, -0.1) is 0 Å². The van der Waals surface area contributed by atoms with Crippen LogP contribution in [0.5, 0.6) is 0 Å². The number of rotatable bonds is 4. The van der Waals surface area contributed by atoms with Gasteiger partial charge in [0, 0.05) is 24.2 Å². The van der Waals surface area contributed by atoms with Crippen molar-refractivity contribution in [3.05, 3.63) is 68.3 Å². The van der Waals surface area contributed by atoms with Gasteiger partial charge in [0.05, 0.1) is 20.4 Å². The molecule has 0 fully saturated rings. The van der Waals surface area contributed by atoms with Crippen molar-refractivity contribution in [3.63, 3.8) is 0 Å². The second-order valence-electron chi connectivity index (χ2n) is 5.16. The first kappa shape index (κ1) is 17.7. The summed E-state index contributed by atoms with van der Waals surface area (Å²) in [7, 11) is -4.10. The van der Waals surface area contributed by atoms with E-state index in [1.54, 1.807) is 18.2 Å². The number of fused-ring (bicyclic) bond motifs is 1. The van der Waals surface area contributed by atoms with Gasteiger partial charge < -0.3 is 5.73 Å². The molecule has 2 N–H and O–H groups in total.